The molecule has 0 radical (unpaired) electrons. The van der Waals surface area contributed by atoms with Crippen LogP contribution in [0.2, 0.25) is 0 Å². The van der Waals surface area contributed by atoms with E-state index in [9.17, 15) is 9.59 Å². The van der Waals surface area contributed by atoms with E-state index in [-0.39, 0.29) is 23.7 Å². The molecule has 0 fully saturated rings. The fourth-order valence-corrected chi connectivity index (χ4v) is 2.40. The highest BCUT2D eigenvalue weighted by Gasteiger charge is 2.30. The maximum Gasteiger partial charge on any atom is 0.324 e. The molecule has 1 aromatic carbocycles. The summed E-state index contributed by atoms with van der Waals surface area (Å²) in [4.78, 5) is 26.5. The van der Waals surface area contributed by atoms with Crippen LogP contribution in [0, 0.1) is 5.92 Å². The van der Waals surface area contributed by atoms with E-state index in [4.69, 9.17) is 4.74 Å². The molecule has 0 aliphatic carbocycles. The molecule has 0 saturated carbocycles. The number of benzene rings is 1. The highest BCUT2D eigenvalue weighted by atomic mass is 16.5. The van der Waals surface area contributed by atoms with Crippen LogP contribution in [-0.4, -0.2) is 42.9 Å². The molecule has 21 heavy (non-hydrogen) atoms. The van der Waals surface area contributed by atoms with Crippen molar-refractivity contribution in [3.63, 3.8) is 0 Å². The topological polar surface area (TPSA) is 46.6 Å². The van der Waals surface area contributed by atoms with E-state index >= 15 is 0 Å². The van der Waals surface area contributed by atoms with Gasteiger partial charge in [-0.15, -0.1) is 0 Å². The number of Topliss-reactive ketones (excluding diaryl/α,β-unsaturated/α-hetero) is 1. The summed E-state index contributed by atoms with van der Waals surface area (Å²) >= 11 is 0. The summed E-state index contributed by atoms with van der Waals surface area (Å²) in [6.07, 6.45) is -0.251. The second-order valence-corrected chi connectivity index (χ2v) is 5.72. The third-order valence-electron chi connectivity index (χ3n) is 3.41. The molecular weight excluding hydrogens is 266 g/mol. The summed E-state index contributed by atoms with van der Waals surface area (Å²) in [5.74, 6) is -0.365. The fourth-order valence-electron chi connectivity index (χ4n) is 2.40. The van der Waals surface area contributed by atoms with Crippen molar-refractivity contribution in [3.05, 3.63) is 35.9 Å². The minimum absolute atomic E-state index is 0.122. The summed E-state index contributed by atoms with van der Waals surface area (Å²) in [6.45, 7) is 5.77. The molecule has 1 rings (SSSR count). The zero-order chi connectivity index (χ0) is 16.0. The highest BCUT2D eigenvalue weighted by Crippen LogP contribution is 2.14. The first-order valence-corrected chi connectivity index (χ1v) is 7.34. The molecule has 1 aromatic rings. The number of ether oxygens (including phenoxy) is 1. The van der Waals surface area contributed by atoms with Crippen LogP contribution < -0.4 is 0 Å². The predicted molar refractivity (Wildman–Crippen MR) is 83.3 cm³/mol. The molecule has 0 heterocycles. The third-order valence-corrected chi connectivity index (χ3v) is 3.41. The number of likely N-dealkylation sites (N-methyl/N-ethyl adjacent to an activating group) is 1. The molecule has 0 amide bonds. The molecule has 0 spiro atoms. The van der Waals surface area contributed by atoms with Crippen molar-refractivity contribution in [2.75, 3.05) is 14.1 Å². The Labute approximate surface area is 127 Å². The van der Waals surface area contributed by atoms with Gasteiger partial charge in [0.05, 0.1) is 0 Å². The number of esters is 1. The lowest BCUT2D eigenvalue weighted by Crippen LogP contribution is -2.43. The maximum atomic E-state index is 12.4. The van der Waals surface area contributed by atoms with Gasteiger partial charge in [-0.2, -0.15) is 0 Å². The Hall–Kier alpha value is -1.68. The quantitative estimate of drug-likeness (QED) is 0.572. The number of carbonyl (C=O) groups excluding carboxylic acids is 2. The van der Waals surface area contributed by atoms with Gasteiger partial charge in [0.25, 0.3) is 0 Å². The van der Waals surface area contributed by atoms with Crippen LogP contribution in [0.4, 0.5) is 0 Å². The molecule has 0 aromatic heterocycles. The monoisotopic (exact) mass is 291 g/mol. The normalized spacial score (nSPS) is 14.0. The standard InChI is InChI=1S/C17H25NO3/c1-6-14(16(19)13-10-8-7-9-11-13)21-17(20)15(12(2)3)18(4)5/h7-12,14-15H,6H2,1-5H3/t14?,15-/m0/s1. The Morgan fingerprint density at radius 3 is 2.14 bits per heavy atom. The molecule has 0 bridgehead atoms. The number of rotatable bonds is 7. The molecule has 2 atom stereocenters. The first-order valence-electron chi connectivity index (χ1n) is 7.34. The zero-order valence-corrected chi connectivity index (χ0v) is 13.5. The van der Waals surface area contributed by atoms with Crippen LogP contribution in [0.25, 0.3) is 0 Å². The van der Waals surface area contributed by atoms with Gasteiger partial charge in [-0.25, -0.2) is 0 Å². The molecule has 0 saturated heterocycles. The van der Waals surface area contributed by atoms with Gasteiger partial charge >= 0.3 is 5.97 Å². The lowest BCUT2D eigenvalue weighted by atomic mass is 10.0. The smallest absolute Gasteiger partial charge is 0.324 e. The second kappa shape index (κ2) is 7.93. The SMILES string of the molecule is CCC(OC(=O)[C@H](C(C)C)N(C)C)C(=O)c1ccccc1. The summed E-state index contributed by atoms with van der Waals surface area (Å²) in [7, 11) is 3.68. The van der Waals surface area contributed by atoms with Crippen molar-refractivity contribution in [3.8, 4) is 0 Å². The predicted octanol–water partition coefficient (Wildman–Crippen LogP) is 2.78. The van der Waals surface area contributed by atoms with E-state index in [1.165, 1.54) is 0 Å². The summed E-state index contributed by atoms with van der Waals surface area (Å²) < 4.78 is 5.47. The van der Waals surface area contributed by atoms with Gasteiger partial charge in [-0.05, 0) is 26.4 Å². The maximum absolute atomic E-state index is 12.4. The van der Waals surface area contributed by atoms with E-state index in [0.717, 1.165) is 0 Å². The lowest BCUT2D eigenvalue weighted by Gasteiger charge is -2.27. The second-order valence-electron chi connectivity index (χ2n) is 5.72. The Bertz CT molecular complexity index is 460. The number of hydrogen-bond acceptors (Lipinski definition) is 4. The van der Waals surface area contributed by atoms with Crippen molar-refractivity contribution < 1.29 is 14.3 Å². The van der Waals surface area contributed by atoms with Gasteiger partial charge in [-0.1, -0.05) is 51.1 Å². The fraction of sp³-hybridized carbons (Fsp3) is 0.529. The van der Waals surface area contributed by atoms with Gasteiger partial charge < -0.3 is 4.74 Å². The van der Waals surface area contributed by atoms with Crippen LogP contribution in [0.1, 0.15) is 37.6 Å². The lowest BCUT2D eigenvalue weighted by molar-refractivity contribution is -0.154. The first kappa shape index (κ1) is 17.4. The van der Waals surface area contributed by atoms with Crippen LogP contribution in [0.5, 0.6) is 0 Å². The average molecular weight is 291 g/mol. The summed E-state index contributed by atoms with van der Waals surface area (Å²) in [5, 5.41) is 0. The van der Waals surface area contributed by atoms with Crippen molar-refractivity contribution in [1.82, 2.24) is 4.90 Å². The molecule has 0 aliphatic heterocycles. The highest BCUT2D eigenvalue weighted by molar-refractivity contribution is 6.00. The van der Waals surface area contributed by atoms with Gasteiger partial charge in [0, 0.05) is 5.56 Å². The molecule has 1 unspecified atom stereocenters. The molecule has 0 aliphatic rings. The van der Waals surface area contributed by atoms with Crippen LogP contribution in [0.15, 0.2) is 30.3 Å². The van der Waals surface area contributed by atoms with Crippen molar-refractivity contribution >= 4 is 11.8 Å². The van der Waals surface area contributed by atoms with Crippen LogP contribution in [0.3, 0.4) is 0 Å². The van der Waals surface area contributed by atoms with E-state index in [0.29, 0.717) is 12.0 Å². The Balaban J connectivity index is 2.82. The average Bonchev–Trinajstić information content (AvgIpc) is 2.44. The largest absolute Gasteiger partial charge is 0.453 e. The van der Waals surface area contributed by atoms with Crippen LogP contribution in [-0.2, 0) is 9.53 Å². The van der Waals surface area contributed by atoms with E-state index < -0.39 is 6.10 Å². The van der Waals surface area contributed by atoms with Crippen molar-refractivity contribution in [2.45, 2.75) is 39.3 Å². The summed E-state index contributed by atoms with van der Waals surface area (Å²) in [6, 6.07) is 8.60. The first-order chi connectivity index (χ1) is 9.88. The zero-order valence-electron chi connectivity index (χ0n) is 13.5. The third kappa shape index (κ3) is 4.67. The summed E-state index contributed by atoms with van der Waals surface area (Å²) in [5.41, 5.74) is 0.572. The van der Waals surface area contributed by atoms with E-state index in [1.807, 2.05) is 45.8 Å². The molecule has 0 N–H and O–H groups in total. The Morgan fingerprint density at radius 1 is 1.14 bits per heavy atom. The molecular formula is C17H25NO3. The minimum Gasteiger partial charge on any atom is -0.453 e. The van der Waals surface area contributed by atoms with Crippen molar-refractivity contribution in [2.24, 2.45) is 5.92 Å². The number of carbonyl (C=O) groups is 2. The van der Waals surface area contributed by atoms with Gasteiger partial charge in [0.1, 0.15) is 6.04 Å². The minimum atomic E-state index is -0.721. The van der Waals surface area contributed by atoms with Gasteiger partial charge in [0.15, 0.2) is 6.10 Å². The molecule has 4 nitrogen and oxygen atoms in total. The molecule has 4 heteroatoms. The Kier molecular flexibility index (Phi) is 6.56. The van der Waals surface area contributed by atoms with Gasteiger partial charge in [-0.3, -0.25) is 14.5 Å². The van der Waals surface area contributed by atoms with E-state index in [1.54, 1.807) is 24.3 Å². The van der Waals surface area contributed by atoms with Crippen molar-refractivity contribution in [1.29, 1.82) is 0 Å². The van der Waals surface area contributed by atoms with Gasteiger partial charge in [0.2, 0.25) is 5.78 Å². The number of nitrogens with zero attached hydrogens (tertiary/aromatic N) is 1. The number of ketones is 1. The van der Waals surface area contributed by atoms with Crippen LogP contribution >= 0.6 is 0 Å². The number of hydrogen-bond donors (Lipinski definition) is 0. The van der Waals surface area contributed by atoms with E-state index in [2.05, 4.69) is 0 Å². The molecule has 116 valence electrons. The Morgan fingerprint density at radius 2 is 1.71 bits per heavy atom.